The molecule has 1 N–H and O–H groups in total. The van der Waals surface area contributed by atoms with Crippen LogP contribution in [0.1, 0.15) is 39.7 Å². The Labute approximate surface area is 157 Å². The second-order valence-corrected chi connectivity index (χ2v) is 7.58. The van der Waals surface area contributed by atoms with Gasteiger partial charge >= 0.3 is 0 Å². The van der Waals surface area contributed by atoms with Crippen LogP contribution < -0.4 is 5.32 Å². The van der Waals surface area contributed by atoms with Crippen LogP contribution in [0.5, 0.6) is 0 Å². The molecule has 1 fully saturated rings. The van der Waals surface area contributed by atoms with Crippen molar-refractivity contribution in [2.75, 3.05) is 26.7 Å². The van der Waals surface area contributed by atoms with Crippen LogP contribution in [-0.4, -0.2) is 37.6 Å². The normalized spacial score (nSPS) is 16.1. The number of nitrogens with zero attached hydrogens (tertiary/aromatic N) is 1. The first-order valence-electron chi connectivity index (χ1n) is 8.52. The number of nitrogens with one attached hydrogen (secondary N) is 1. The number of amides is 1. The van der Waals surface area contributed by atoms with E-state index in [-0.39, 0.29) is 11.9 Å². The molecule has 1 atom stereocenters. The first-order valence-corrected chi connectivity index (χ1v) is 9.78. The number of rotatable bonds is 7. The average Bonchev–Trinajstić information content (AvgIpc) is 3.27. The summed E-state index contributed by atoms with van der Waals surface area (Å²) in [4.78, 5) is 15.8. The Balaban J connectivity index is 1.72. The quantitative estimate of drug-likeness (QED) is 0.788. The highest BCUT2D eigenvalue weighted by Crippen LogP contribution is 2.27. The molecule has 1 aliphatic heterocycles. The summed E-state index contributed by atoms with van der Waals surface area (Å²) in [5, 5.41) is 5.77. The molecule has 25 heavy (non-hydrogen) atoms. The fourth-order valence-corrected chi connectivity index (χ4v) is 4.32. The van der Waals surface area contributed by atoms with E-state index in [9.17, 15) is 4.79 Å². The Hall–Kier alpha value is -1.40. The summed E-state index contributed by atoms with van der Waals surface area (Å²) in [7, 11) is 1.64. The lowest BCUT2D eigenvalue weighted by atomic mass is 10.1. The lowest BCUT2D eigenvalue weighted by Gasteiger charge is -2.28. The fourth-order valence-electron chi connectivity index (χ4n) is 3.30. The maximum atomic E-state index is 12.6. The number of methoxy groups -OCH3 is 1. The smallest absolute Gasteiger partial charge is 0.261 e. The number of halogens is 1. The highest BCUT2D eigenvalue weighted by molar-refractivity contribution is 7.12. The molecule has 2 heterocycles. The van der Waals surface area contributed by atoms with Gasteiger partial charge in [-0.3, -0.25) is 9.69 Å². The number of carbonyl (C=O) groups is 1. The SMILES string of the molecule is COCc1ccsc1C(=O)NCC(c1cccc(Cl)c1)N1CCCC1. The van der Waals surface area contributed by atoms with Gasteiger partial charge in [-0.15, -0.1) is 11.3 Å². The summed E-state index contributed by atoms with van der Waals surface area (Å²) < 4.78 is 5.17. The van der Waals surface area contributed by atoms with E-state index in [1.807, 2.05) is 29.6 Å². The van der Waals surface area contributed by atoms with Crippen LogP contribution >= 0.6 is 22.9 Å². The van der Waals surface area contributed by atoms with Crippen LogP contribution in [0.3, 0.4) is 0 Å². The van der Waals surface area contributed by atoms with E-state index >= 15 is 0 Å². The summed E-state index contributed by atoms with van der Waals surface area (Å²) >= 11 is 7.63. The highest BCUT2D eigenvalue weighted by atomic mass is 35.5. The van der Waals surface area contributed by atoms with E-state index in [0.29, 0.717) is 13.2 Å². The van der Waals surface area contributed by atoms with Gasteiger partial charge in [0.25, 0.3) is 5.91 Å². The van der Waals surface area contributed by atoms with E-state index in [4.69, 9.17) is 16.3 Å². The molecule has 1 saturated heterocycles. The van der Waals surface area contributed by atoms with Crippen LogP contribution in [-0.2, 0) is 11.3 Å². The van der Waals surface area contributed by atoms with Crippen molar-refractivity contribution in [2.24, 2.45) is 0 Å². The molecule has 6 heteroatoms. The minimum atomic E-state index is -0.0340. The monoisotopic (exact) mass is 378 g/mol. The minimum absolute atomic E-state index is 0.0340. The van der Waals surface area contributed by atoms with Crippen LogP contribution in [0.4, 0.5) is 0 Å². The van der Waals surface area contributed by atoms with E-state index in [2.05, 4.69) is 16.3 Å². The topological polar surface area (TPSA) is 41.6 Å². The molecule has 0 radical (unpaired) electrons. The molecular formula is C19H23ClN2O2S. The number of hydrogen-bond acceptors (Lipinski definition) is 4. The zero-order valence-electron chi connectivity index (χ0n) is 14.3. The molecule has 3 rings (SSSR count). The van der Waals surface area contributed by atoms with Crippen LogP contribution in [0.2, 0.25) is 5.02 Å². The lowest BCUT2D eigenvalue weighted by molar-refractivity contribution is 0.0937. The molecule has 1 aromatic heterocycles. The average molecular weight is 379 g/mol. The summed E-state index contributed by atoms with van der Waals surface area (Å²) in [5.74, 6) is -0.0340. The van der Waals surface area contributed by atoms with Crippen molar-refractivity contribution in [2.45, 2.75) is 25.5 Å². The third-order valence-corrected chi connectivity index (χ3v) is 5.71. The molecule has 0 aliphatic carbocycles. The van der Waals surface area contributed by atoms with Gasteiger partial charge in [-0.2, -0.15) is 0 Å². The predicted molar refractivity (Wildman–Crippen MR) is 102 cm³/mol. The predicted octanol–water partition coefficient (Wildman–Crippen LogP) is 4.11. The third kappa shape index (κ3) is 4.61. The largest absolute Gasteiger partial charge is 0.380 e. The van der Waals surface area contributed by atoms with E-state index in [1.54, 1.807) is 7.11 Å². The van der Waals surface area contributed by atoms with Crippen LogP contribution in [0.15, 0.2) is 35.7 Å². The first kappa shape index (κ1) is 18.4. The standard InChI is InChI=1S/C19H23ClN2O2S/c1-24-13-15-7-10-25-18(15)19(23)21-12-17(22-8-2-3-9-22)14-5-4-6-16(20)11-14/h4-7,10-11,17H,2-3,8-9,12-13H2,1H3,(H,21,23). The second kappa shape index (κ2) is 8.81. The van der Waals surface area contributed by atoms with Gasteiger partial charge in [-0.25, -0.2) is 0 Å². The Kier molecular flexibility index (Phi) is 6.48. The van der Waals surface area contributed by atoms with E-state index in [1.165, 1.54) is 24.2 Å². The maximum Gasteiger partial charge on any atom is 0.261 e. The summed E-state index contributed by atoms with van der Waals surface area (Å²) in [6, 6.07) is 10.0. The van der Waals surface area contributed by atoms with Crippen LogP contribution in [0.25, 0.3) is 0 Å². The molecule has 4 nitrogen and oxygen atoms in total. The Bertz CT molecular complexity index is 713. The van der Waals surface area contributed by atoms with Crippen molar-refractivity contribution in [1.82, 2.24) is 10.2 Å². The Morgan fingerprint density at radius 1 is 1.36 bits per heavy atom. The molecular weight excluding hydrogens is 356 g/mol. The van der Waals surface area contributed by atoms with Crippen molar-refractivity contribution >= 4 is 28.8 Å². The van der Waals surface area contributed by atoms with Crippen molar-refractivity contribution in [1.29, 1.82) is 0 Å². The van der Waals surface area contributed by atoms with Gasteiger partial charge < -0.3 is 10.1 Å². The molecule has 1 aromatic carbocycles. The molecule has 134 valence electrons. The van der Waals surface area contributed by atoms with Crippen LogP contribution in [0, 0.1) is 0 Å². The molecule has 2 aromatic rings. The molecule has 0 spiro atoms. The van der Waals surface area contributed by atoms with Crippen molar-refractivity contribution in [3.05, 3.63) is 56.7 Å². The number of benzene rings is 1. The zero-order valence-corrected chi connectivity index (χ0v) is 15.9. The minimum Gasteiger partial charge on any atom is -0.380 e. The van der Waals surface area contributed by atoms with Crippen molar-refractivity contribution in [3.63, 3.8) is 0 Å². The fraction of sp³-hybridized carbons (Fsp3) is 0.421. The maximum absolute atomic E-state index is 12.6. The van der Waals surface area contributed by atoms with Gasteiger partial charge in [0.1, 0.15) is 0 Å². The number of hydrogen-bond donors (Lipinski definition) is 1. The van der Waals surface area contributed by atoms with Gasteiger partial charge in [0.05, 0.1) is 17.5 Å². The number of ether oxygens (including phenoxy) is 1. The van der Waals surface area contributed by atoms with Gasteiger partial charge in [0, 0.05) is 24.2 Å². The van der Waals surface area contributed by atoms with Gasteiger partial charge in [-0.1, -0.05) is 23.7 Å². The lowest BCUT2D eigenvalue weighted by Crippen LogP contribution is -2.36. The first-order chi connectivity index (χ1) is 12.2. The summed E-state index contributed by atoms with van der Waals surface area (Å²) in [6.45, 7) is 3.14. The second-order valence-electron chi connectivity index (χ2n) is 6.23. The van der Waals surface area contributed by atoms with Gasteiger partial charge in [0.15, 0.2) is 0 Å². The molecule has 1 unspecified atom stereocenters. The number of likely N-dealkylation sites (tertiary alicyclic amines) is 1. The number of carbonyl (C=O) groups excluding carboxylic acids is 1. The molecule has 0 saturated carbocycles. The third-order valence-electron chi connectivity index (χ3n) is 4.52. The highest BCUT2D eigenvalue weighted by Gasteiger charge is 2.25. The molecule has 1 amide bonds. The number of thiophene rings is 1. The summed E-state index contributed by atoms with van der Waals surface area (Å²) in [6.07, 6.45) is 2.40. The zero-order chi connectivity index (χ0) is 17.6. The van der Waals surface area contributed by atoms with Crippen molar-refractivity contribution in [3.8, 4) is 0 Å². The molecule has 0 bridgehead atoms. The van der Waals surface area contributed by atoms with Crippen molar-refractivity contribution < 1.29 is 9.53 Å². The van der Waals surface area contributed by atoms with E-state index in [0.717, 1.165) is 34.1 Å². The Morgan fingerprint density at radius 2 is 2.16 bits per heavy atom. The van der Waals surface area contributed by atoms with Gasteiger partial charge in [-0.05, 0) is 55.1 Å². The molecule has 1 aliphatic rings. The van der Waals surface area contributed by atoms with Gasteiger partial charge in [0.2, 0.25) is 0 Å². The Morgan fingerprint density at radius 3 is 2.88 bits per heavy atom. The van der Waals surface area contributed by atoms with E-state index < -0.39 is 0 Å². The summed E-state index contributed by atoms with van der Waals surface area (Å²) in [5.41, 5.74) is 2.09.